The third-order valence-corrected chi connectivity index (χ3v) is 4.67. The maximum absolute atomic E-state index is 13.8. The standard InChI is InChI=1S/C20H25FN4O2/c1-24(15-16-6-2-3-7-17(16)21)20(26)23-14-19(18-8-4-5-9-22-18)25-10-12-27-13-11-25/h2-9,19H,10-15H2,1H3,(H,23,26). The Labute approximate surface area is 158 Å². The average molecular weight is 372 g/mol. The molecule has 1 aromatic carbocycles. The Kier molecular flexibility index (Phi) is 6.73. The van der Waals surface area contributed by atoms with Crippen LogP contribution in [0.1, 0.15) is 17.3 Å². The van der Waals surface area contributed by atoms with Crippen molar-refractivity contribution in [2.75, 3.05) is 39.9 Å². The largest absolute Gasteiger partial charge is 0.379 e. The fraction of sp³-hybridized carbons (Fsp3) is 0.400. The van der Waals surface area contributed by atoms with Gasteiger partial charge in [-0.3, -0.25) is 9.88 Å². The number of amides is 2. The molecule has 7 heteroatoms. The number of hydrogen-bond acceptors (Lipinski definition) is 4. The number of ether oxygens (including phenoxy) is 1. The summed E-state index contributed by atoms with van der Waals surface area (Å²) in [7, 11) is 1.66. The minimum Gasteiger partial charge on any atom is -0.379 e. The van der Waals surface area contributed by atoms with Gasteiger partial charge in [0.15, 0.2) is 0 Å². The maximum Gasteiger partial charge on any atom is 0.317 e. The molecule has 0 bridgehead atoms. The molecule has 1 aliphatic heterocycles. The summed E-state index contributed by atoms with van der Waals surface area (Å²) in [5, 5.41) is 2.96. The topological polar surface area (TPSA) is 57.7 Å². The van der Waals surface area contributed by atoms with E-state index in [0.717, 1.165) is 18.8 Å². The molecule has 6 nitrogen and oxygen atoms in total. The fourth-order valence-electron chi connectivity index (χ4n) is 3.16. The van der Waals surface area contributed by atoms with Crippen LogP contribution in [0.3, 0.4) is 0 Å². The van der Waals surface area contributed by atoms with Crippen LogP contribution in [0, 0.1) is 5.82 Å². The van der Waals surface area contributed by atoms with Crippen molar-refractivity contribution >= 4 is 6.03 Å². The lowest BCUT2D eigenvalue weighted by Crippen LogP contribution is -2.46. The number of morpholine rings is 1. The van der Waals surface area contributed by atoms with Crippen LogP contribution in [0.2, 0.25) is 0 Å². The van der Waals surface area contributed by atoms with Gasteiger partial charge in [0.1, 0.15) is 5.82 Å². The van der Waals surface area contributed by atoms with Gasteiger partial charge in [-0.25, -0.2) is 9.18 Å². The van der Waals surface area contributed by atoms with Gasteiger partial charge in [-0.05, 0) is 18.2 Å². The van der Waals surface area contributed by atoms with Crippen molar-refractivity contribution in [1.82, 2.24) is 20.1 Å². The zero-order valence-corrected chi connectivity index (χ0v) is 15.5. The zero-order chi connectivity index (χ0) is 19.1. The second-order valence-corrected chi connectivity index (χ2v) is 6.55. The highest BCUT2D eigenvalue weighted by Crippen LogP contribution is 2.19. The second kappa shape index (κ2) is 9.43. The number of pyridine rings is 1. The van der Waals surface area contributed by atoms with Crippen molar-refractivity contribution in [3.8, 4) is 0 Å². The van der Waals surface area contributed by atoms with Crippen molar-refractivity contribution in [2.24, 2.45) is 0 Å². The van der Waals surface area contributed by atoms with E-state index in [-0.39, 0.29) is 24.4 Å². The Bertz CT molecular complexity index is 738. The molecule has 1 N–H and O–H groups in total. The highest BCUT2D eigenvalue weighted by molar-refractivity contribution is 5.73. The molecule has 1 saturated heterocycles. The van der Waals surface area contributed by atoms with Gasteiger partial charge in [0.2, 0.25) is 0 Å². The Morgan fingerprint density at radius 3 is 2.70 bits per heavy atom. The Hall–Kier alpha value is -2.51. The molecule has 0 radical (unpaired) electrons. The lowest BCUT2D eigenvalue weighted by Gasteiger charge is -2.34. The Morgan fingerprint density at radius 2 is 2.00 bits per heavy atom. The molecular weight excluding hydrogens is 347 g/mol. The zero-order valence-electron chi connectivity index (χ0n) is 15.5. The fourth-order valence-corrected chi connectivity index (χ4v) is 3.16. The Morgan fingerprint density at radius 1 is 1.26 bits per heavy atom. The summed E-state index contributed by atoms with van der Waals surface area (Å²) in [6, 6.07) is 12.0. The van der Waals surface area contributed by atoms with E-state index in [1.165, 1.54) is 11.0 Å². The van der Waals surface area contributed by atoms with Crippen molar-refractivity contribution in [3.05, 3.63) is 65.7 Å². The predicted octanol–water partition coefficient (Wildman–Crippen LogP) is 2.44. The van der Waals surface area contributed by atoms with Gasteiger partial charge in [-0.15, -0.1) is 0 Å². The molecule has 2 heterocycles. The minimum absolute atomic E-state index is 0.0269. The summed E-state index contributed by atoms with van der Waals surface area (Å²) in [6.45, 7) is 3.57. The number of carbonyl (C=O) groups is 1. The molecule has 0 spiro atoms. The van der Waals surface area contributed by atoms with Crippen LogP contribution in [-0.2, 0) is 11.3 Å². The lowest BCUT2D eigenvalue weighted by atomic mass is 10.1. The quantitative estimate of drug-likeness (QED) is 0.846. The van der Waals surface area contributed by atoms with Crippen LogP contribution in [-0.4, -0.2) is 60.7 Å². The number of carbonyl (C=O) groups excluding carboxylic acids is 1. The molecule has 0 saturated carbocycles. The molecule has 3 rings (SSSR count). The SMILES string of the molecule is CN(Cc1ccccc1F)C(=O)NCC(c1ccccn1)N1CCOCC1. The summed E-state index contributed by atoms with van der Waals surface area (Å²) in [6.07, 6.45) is 1.76. The van der Waals surface area contributed by atoms with E-state index in [9.17, 15) is 9.18 Å². The van der Waals surface area contributed by atoms with Crippen LogP contribution < -0.4 is 5.32 Å². The minimum atomic E-state index is -0.308. The average Bonchev–Trinajstić information content (AvgIpc) is 2.71. The van der Waals surface area contributed by atoms with E-state index in [2.05, 4.69) is 15.2 Å². The molecule has 1 aromatic heterocycles. The van der Waals surface area contributed by atoms with Crippen LogP contribution in [0.4, 0.5) is 9.18 Å². The normalized spacial score (nSPS) is 15.9. The molecule has 1 fully saturated rings. The van der Waals surface area contributed by atoms with Gasteiger partial charge < -0.3 is 15.0 Å². The first-order chi connectivity index (χ1) is 13.1. The lowest BCUT2D eigenvalue weighted by molar-refractivity contribution is 0.0156. The number of halogens is 1. The van der Waals surface area contributed by atoms with Gasteiger partial charge in [0.05, 0.1) is 24.9 Å². The van der Waals surface area contributed by atoms with E-state index in [1.807, 2.05) is 18.2 Å². The van der Waals surface area contributed by atoms with Crippen LogP contribution in [0.15, 0.2) is 48.7 Å². The summed E-state index contributed by atoms with van der Waals surface area (Å²) in [4.78, 5) is 20.7. The molecule has 2 amide bonds. The summed E-state index contributed by atoms with van der Waals surface area (Å²) in [5.74, 6) is -0.308. The van der Waals surface area contributed by atoms with Crippen LogP contribution in [0.5, 0.6) is 0 Å². The van der Waals surface area contributed by atoms with Gasteiger partial charge in [0.25, 0.3) is 0 Å². The first kappa shape index (κ1) is 19.3. The van der Waals surface area contributed by atoms with Crippen molar-refractivity contribution in [3.63, 3.8) is 0 Å². The highest BCUT2D eigenvalue weighted by Gasteiger charge is 2.24. The van der Waals surface area contributed by atoms with E-state index < -0.39 is 0 Å². The maximum atomic E-state index is 13.8. The molecule has 144 valence electrons. The number of aromatic nitrogens is 1. The van der Waals surface area contributed by atoms with Crippen molar-refractivity contribution in [2.45, 2.75) is 12.6 Å². The third-order valence-electron chi connectivity index (χ3n) is 4.67. The first-order valence-electron chi connectivity index (χ1n) is 9.10. The number of hydrogen-bond donors (Lipinski definition) is 1. The third kappa shape index (κ3) is 5.24. The molecule has 1 unspecified atom stereocenters. The number of rotatable bonds is 6. The smallest absolute Gasteiger partial charge is 0.317 e. The van der Waals surface area contributed by atoms with Gasteiger partial charge in [-0.1, -0.05) is 24.3 Å². The number of nitrogens with zero attached hydrogens (tertiary/aromatic N) is 3. The van der Waals surface area contributed by atoms with Crippen LogP contribution in [0.25, 0.3) is 0 Å². The molecular formula is C20H25FN4O2. The van der Waals surface area contributed by atoms with Gasteiger partial charge >= 0.3 is 6.03 Å². The number of nitrogens with one attached hydrogen (secondary N) is 1. The van der Waals surface area contributed by atoms with E-state index in [1.54, 1.807) is 31.4 Å². The molecule has 27 heavy (non-hydrogen) atoms. The van der Waals surface area contributed by atoms with Crippen LogP contribution >= 0.6 is 0 Å². The second-order valence-electron chi connectivity index (χ2n) is 6.55. The summed E-state index contributed by atoms with van der Waals surface area (Å²) >= 11 is 0. The van der Waals surface area contributed by atoms with Gasteiger partial charge in [0, 0.05) is 45.0 Å². The molecule has 2 aromatic rings. The summed E-state index contributed by atoms with van der Waals surface area (Å²) in [5.41, 5.74) is 1.40. The van der Waals surface area contributed by atoms with E-state index in [4.69, 9.17) is 4.74 Å². The van der Waals surface area contributed by atoms with Gasteiger partial charge in [-0.2, -0.15) is 0 Å². The molecule has 1 aliphatic rings. The monoisotopic (exact) mass is 372 g/mol. The predicted molar refractivity (Wildman–Crippen MR) is 101 cm³/mol. The Balaban J connectivity index is 1.62. The summed E-state index contributed by atoms with van der Waals surface area (Å²) < 4.78 is 19.2. The van der Waals surface area contributed by atoms with E-state index >= 15 is 0 Å². The van der Waals surface area contributed by atoms with Crippen molar-refractivity contribution in [1.29, 1.82) is 0 Å². The molecule has 0 aliphatic carbocycles. The first-order valence-corrected chi connectivity index (χ1v) is 9.10. The van der Waals surface area contributed by atoms with Crippen molar-refractivity contribution < 1.29 is 13.9 Å². The van der Waals surface area contributed by atoms with E-state index in [0.29, 0.717) is 25.3 Å². The number of urea groups is 1. The molecule has 1 atom stereocenters. The highest BCUT2D eigenvalue weighted by atomic mass is 19.1. The number of benzene rings is 1.